The van der Waals surface area contributed by atoms with Gasteiger partial charge in [-0.25, -0.2) is 0 Å². The van der Waals surface area contributed by atoms with Crippen molar-refractivity contribution in [2.24, 2.45) is 0 Å². The van der Waals surface area contributed by atoms with Gasteiger partial charge in [0.05, 0.1) is 5.69 Å². The van der Waals surface area contributed by atoms with E-state index in [9.17, 15) is 4.79 Å². The molecule has 1 heterocycles. The third-order valence-corrected chi connectivity index (χ3v) is 5.16. The molecule has 0 atom stereocenters. The van der Waals surface area contributed by atoms with Crippen LogP contribution in [0.5, 0.6) is 5.75 Å². The van der Waals surface area contributed by atoms with Crippen LogP contribution in [0.2, 0.25) is 0 Å². The van der Waals surface area contributed by atoms with Crippen LogP contribution < -0.4 is 4.74 Å². The van der Waals surface area contributed by atoms with Crippen LogP contribution in [0.15, 0.2) is 47.4 Å². The van der Waals surface area contributed by atoms with Crippen LogP contribution in [0.3, 0.4) is 0 Å². The number of hydrogen-bond donors (Lipinski definition) is 0. The smallest absolute Gasteiger partial charge is 0.308 e. The Labute approximate surface area is 158 Å². The number of benzene rings is 2. The maximum Gasteiger partial charge on any atom is 0.308 e. The van der Waals surface area contributed by atoms with Crippen LogP contribution >= 0.6 is 11.8 Å². The van der Waals surface area contributed by atoms with Gasteiger partial charge >= 0.3 is 5.97 Å². The van der Waals surface area contributed by atoms with Crippen LogP contribution in [0.1, 0.15) is 45.1 Å². The minimum Gasteiger partial charge on any atom is -0.426 e. The molecule has 0 saturated heterocycles. The zero-order valence-corrected chi connectivity index (χ0v) is 16.5. The first kappa shape index (κ1) is 18.5. The second-order valence-electron chi connectivity index (χ2n) is 6.54. The molecule has 26 heavy (non-hydrogen) atoms. The number of thioether (sulfide) groups is 1. The van der Waals surface area contributed by atoms with Gasteiger partial charge in [0.2, 0.25) is 0 Å². The van der Waals surface area contributed by atoms with Crippen molar-refractivity contribution in [1.29, 1.82) is 0 Å². The Balaban J connectivity index is 1.90. The van der Waals surface area contributed by atoms with E-state index in [2.05, 4.69) is 42.7 Å². The highest BCUT2D eigenvalue weighted by Gasteiger charge is 2.12. The molecule has 0 amide bonds. The first-order valence-corrected chi connectivity index (χ1v) is 9.87. The summed E-state index contributed by atoms with van der Waals surface area (Å²) in [6.45, 7) is 7.85. The predicted molar refractivity (Wildman–Crippen MR) is 107 cm³/mol. The van der Waals surface area contributed by atoms with E-state index in [0.717, 1.165) is 33.5 Å². The van der Waals surface area contributed by atoms with Crippen LogP contribution in [0.4, 0.5) is 0 Å². The van der Waals surface area contributed by atoms with E-state index in [0.29, 0.717) is 11.8 Å². The summed E-state index contributed by atoms with van der Waals surface area (Å²) in [5.41, 5.74) is 2.33. The molecule has 3 rings (SSSR count). The van der Waals surface area contributed by atoms with Crippen LogP contribution in [0.25, 0.3) is 10.8 Å². The summed E-state index contributed by atoms with van der Waals surface area (Å²) >= 11 is 1.73. The molecule has 0 bridgehead atoms. The third kappa shape index (κ3) is 4.10. The maximum absolute atomic E-state index is 11.5. The van der Waals surface area contributed by atoms with Gasteiger partial charge in [0.25, 0.3) is 0 Å². The molecule has 0 aliphatic carbocycles. The van der Waals surface area contributed by atoms with Gasteiger partial charge in [-0.1, -0.05) is 31.2 Å². The molecule has 0 unspecified atom stereocenters. The minimum atomic E-state index is -0.303. The zero-order valence-electron chi connectivity index (χ0n) is 15.7. The van der Waals surface area contributed by atoms with Crippen molar-refractivity contribution < 1.29 is 9.53 Å². The molecule has 3 aromatic rings. The summed E-state index contributed by atoms with van der Waals surface area (Å²) in [6, 6.07) is 14.6. The fraction of sp³-hybridized carbons (Fsp3) is 0.333. The van der Waals surface area contributed by atoms with E-state index in [-0.39, 0.29) is 5.97 Å². The first-order chi connectivity index (χ1) is 12.5. The van der Waals surface area contributed by atoms with Gasteiger partial charge in [0.1, 0.15) is 5.75 Å². The SMILES string of the molecule is CCc1cc(CSc2cc(OC(C)=O)c3ccccc3c2)n(C(C)C)n1. The van der Waals surface area contributed by atoms with E-state index in [4.69, 9.17) is 4.74 Å². The van der Waals surface area contributed by atoms with E-state index in [1.807, 2.05) is 30.3 Å². The number of rotatable bonds is 6. The Hall–Kier alpha value is -2.27. The fourth-order valence-electron chi connectivity index (χ4n) is 2.95. The van der Waals surface area contributed by atoms with Crippen molar-refractivity contribution in [2.45, 2.75) is 50.8 Å². The average Bonchev–Trinajstić information content (AvgIpc) is 3.03. The Kier molecular flexibility index (Phi) is 5.67. The molecule has 136 valence electrons. The Morgan fingerprint density at radius 1 is 1.23 bits per heavy atom. The highest BCUT2D eigenvalue weighted by Crippen LogP contribution is 2.34. The lowest BCUT2D eigenvalue weighted by Crippen LogP contribution is -2.07. The molecule has 0 aliphatic rings. The normalized spacial score (nSPS) is 11.3. The van der Waals surface area contributed by atoms with Crippen molar-refractivity contribution in [3.63, 3.8) is 0 Å². The number of aryl methyl sites for hydroxylation is 1. The van der Waals surface area contributed by atoms with Crippen molar-refractivity contribution in [2.75, 3.05) is 0 Å². The summed E-state index contributed by atoms with van der Waals surface area (Å²) in [7, 11) is 0. The molecule has 0 aliphatic heterocycles. The summed E-state index contributed by atoms with van der Waals surface area (Å²) in [4.78, 5) is 12.5. The van der Waals surface area contributed by atoms with Crippen molar-refractivity contribution in [1.82, 2.24) is 9.78 Å². The van der Waals surface area contributed by atoms with Gasteiger partial charge in [-0.2, -0.15) is 5.10 Å². The van der Waals surface area contributed by atoms with E-state index >= 15 is 0 Å². The van der Waals surface area contributed by atoms with E-state index < -0.39 is 0 Å². The summed E-state index contributed by atoms with van der Waals surface area (Å²) < 4.78 is 7.53. The minimum absolute atomic E-state index is 0.303. The second kappa shape index (κ2) is 7.96. The Bertz CT molecular complexity index is 931. The standard InChI is InChI=1S/C21H24N2O2S/c1-5-17-11-18(23(22-17)14(2)3)13-26-19-10-16-8-6-7-9-20(16)21(12-19)25-15(4)24/h6-12,14H,5,13H2,1-4H3. The van der Waals surface area contributed by atoms with Crippen LogP contribution in [-0.2, 0) is 17.0 Å². The molecule has 0 fully saturated rings. The molecule has 0 spiro atoms. The van der Waals surface area contributed by atoms with Gasteiger partial charge in [0.15, 0.2) is 0 Å². The van der Waals surface area contributed by atoms with E-state index in [1.54, 1.807) is 11.8 Å². The number of hydrogen-bond acceptors (Lipinski definition) is 4. The molecule has 0 N–H and O–H groups in total. The van der Waals surface area contributed by atoms with Gasteiger partial charge in [-0.15, -0.1) is 11.8 Å². The van der Waals surface area contributed by atoms with Crippen LogP contribution in [0, 0.1) is 0 Å². The molecule has 2 aromatic carbocycles. The average molecular weight is 369 g/mol. The summed E-state index contributed by atoms with van der Waals surface area (Å²) in [6.07, 6.45) is 0.934. The molecule has 0 saturated carbocycles. The molecule has 1 aromatic heterocycles. The zero-order chi connectivity index (χ0) is 18.7. The van der Waals surface area contributed by atoms with Crippen LogP contribution in [-0.4, -0.2) is 15.7 Å². The highest BCUT2D eigenvalue weighted by molar-refractivity contribution is 7.98. The lowest BCUT2D eigenvalue weighted by molar-refractivity contribution is -0.131. The van der Waals surface area contributed by atoms with Crippen molar-refractivity contribution in [3.05, 3.63) is 53.9 Å². The second-order valence-corrected chi connectivity index (χ2v) is 7.59. The number of ether oxygens (including phenoxy) is 1. The number of fused-ring (bicyclic) bond motifs is 1. The Morgan fingerprint density at radius 2 is 2.00 bits per heavy atom. The van der Waals surface area contributed by atoms with Gasteiger partial charge in [0, 0.05) is 34.7 Å². The number of nitrogens with zero attached hydrogens (tertiary/aromatic N) is 2. The molecular formula is C21H24N2O2S. The lowest BCUT2D eigenvalue weighted by atomic mass is 10.1. The molecule has 5 heteroatoms. The quantitative estimate of drug-likeness (QED) is 0.332. The largest absolute Gasteiger partial charge is 0.426 e. The topological polar surface area (TPSA) is 44.1 Å². The molecule has 0 radical (unpaired) electrons. The number of carbonyl (C=O) groups is 1. The first-order valence-electron chi connectivity index (χ1n) is 8.89. The monoisotopic (exact) mass is 368 g/mol. The summed E-state index contributed by atoms with van der Waals surface area (Å²) in [5.74, 6) is 1.13. The fourth-order valence-corrected chi connectivity index (χ4v) is 3.88. The van der Waals surface area contributed by atoms with Gasteiger partial charge in [-0.3, -0.25) is 9.48 Å². The lowest BCUT2D eigenvalue weighted by Gasteiger charge is -2.12. The predicted octanol–water partition coefficient (Wildman–Crippen LogP) is 5.40. The van der Waals surface area contributed by atoms with Gasteiger partial charge < -0.3 is 4.74 Å². The van der Waals surface area contributed by atoms with E-state index in [1.165, 1.54) is 12.6 Å². The van der Waals surface area contributed by atoms with Crippen molar-refractivity contribution >= 4 is 28.5 Å². The van der Waals surface area contributed by atoms with Gasteiger partial charge in [-0.05, 0) is 43.9 Å². The molecule has 4 nitrogen and oxygen atoms in total. The number of aromatic nitrogens is 2. The number of carbonyl (C=O) groups excluding carboxylic acids is 1. The Morgan fingerprint density at radius 3 is 2.69 bits per heavy atom. The molecular weight excluding hydrogens is 344 g/mol. The maximum atomic E-state index is 11.5. The van der Waals surface area contributed by atoms with Crippen molar-refractivity contribution in [3.8, 4) is 5.75 Å². The highest BCUT2D eigenvalue weighted by atomic mass is 32.2. The summed E-state index contributed by atoms with van der Waals surface area (Å²) in [5, 5.41) is 6.70. The number of esters is 1. The third-order valence-electron chi connectivity index (χ3n) is 4.15.